The van der Waals surface area contributed by atoms with E-state index in [-0.39, 0.29) is 11.4 Å². The summed E-state index contributed by atoms with van der Waals surface area (Å²) in [5.74, 6) is -0.936. The molecule has 0 aliphatic heterocycles. The van der Waals surface area contributed by atoms with Crippen molar-refractivity contribution in [3.05, 3.63) is 29.6 Å². The molecule has 1 aliphatic carbocycles. The molecular weight excluding hydrogens is 284 g/mol. The lowest BCUT2D eigenvalue weighted by atomic mass is 10.3. The van der Waals surface area contributed by atoms with E-state index in [2.05, 4.69) is 9.88 Å². The molecule has 3 rings (SSSR count). The van der Waals surface area contributed by atoms with Crippen molar-refractivity contribution in [1.82, 2.24) is 14.5 Å². The van der Waals surface area contributed by atoms with Gasteiger partial charge in [0.15, 0.2) is 11.6 Å². The van der Waals surface area contributed by atoms with E-state index >= 15 is 0 Å². The number of aromatic nitrogens is 2. The van der Waals surface area contributed by atoms with Gasteiger partial charge >= 0.3 is 0 Å². The minimum absolute atomic E-state index is 0.183. The van der Waals surface area contributed by atoms with Crippen LogP contribution in [0.25, 0.3) is 11.0 Å². The van der Waals surface area contributed by atoms with E-state index < -0.39 is 11.6 Å². The number of alkyl halides is 1. The zero-order chi connectivity index (χ0) is 14.3. The van der Waals surface area contributed by atoms with Crippen molar-refractivity contribution in [3.8, 4) is 0 Å². The third-order valence-electron chi connectivity index (χ3n) is 3.84. The van der Waals surface area contributed by atoms with Crippen LogP contribution in [0.4, 0.5) is 8.78 Å². The van der Waals surface area contributed by atoms with Gasteiger partial charge in [0.05, 0.1) is 11.4 Å². The second-order valence-corrected chi connectivity index (χ2v) is 5.52. The van der Waals surface area contributed by atoms with Gasteiger partial charge in [-0.2, -0.15) is 0 Å². The van der Waals surface area contributed by atoms with Crippen molar-refractivity contribution >= 4 is 22.6 Å². The van der Waals surface area contributed by atoms with Gasteiger partial charge < -0.3 is 9.47 Å². The number of likely N-dealkylation sites (N-methyl/N-ethyl adjacent to an activating group) is 1. The maximum absolute atomic E-state index is 14.0. The number of fused-ring (bicyclic) bond motifs is 1. The quantitative estimate of drug-likeness (QED) is 0.791. The average Bonchev–Trinajstić information content (AvgIpc) is 3.22. The molecule has 0 spiro atoms. The number of benzene rings is 1. The van der Waals surface area contributed by atoms with Gasteiger partial charge in [-0.1, -0.05) is 0 Å². The Morgan fingerprint density at radius 2 is 2.15 bits per heavy atom. The molecule has 1 aromatic heterocycles. The first kappa shape index (κ1) is 13.8. The summed E-state index contributed by atoms with van der Waals surface area (Å²) in [6, 6.07) is 3.22. The first-order valence-corrected chi connectivity index (χ1v) is 7.24. The highest BCUT2D eigenvalue weighted by Gasteiger charge is 2.26. The molecule has 1 saturated carbocycles. The zero-order valence-corrected chi connectivity index (χ0v) is 12.0. The standard InChI is InChI=1S/C14H16ClF2N3/c1-19(9-2-3-9)6-7-20-12(8-15)18-11-5-4-10(16)13(17)14(11)20/h4-5,9H,2-3,6-8H2,1H3. The molecule has 0 amide bonds. The molecule has 0 bridgehead atoms. The second kappa shape index (κ2) is 5.30. The van der Waals surface area contributed by atoms with Crippen LogP contribution >= 0.6 is 11.6 Å². The van der Waals surface area contributed by atoms with Crippen LogP contribution in [-0.2, 0) is 12.4 Å². The molecule has 20 heavy (non-hydrogen) atoms. The molecule has 3 nitrogen and oxygen atoms in total. The first-order chi connectivity index (χ1) is 9.61. The summed E-state index contributed by atoms with van der Waals surface area (Å²) < 4.78 is 29.1. The monoisotopic (exact) mass is 299 g/mol. The van der Waals surface area contributed by atoms with Gasteiger partial charge in [0.2, 0.25) is 0 Å². The lowest BCUT2D eigenvalue weighted by Gasteiger charge is -2.17. The smallest absolute Gasteiger partial charge is 0.184 e. The fourth-order valence-corrected chi connectivity index (χ4v) is 2.71. The molecule has 108 valence electrons. The van der Waals surface area contributed by atoms with Crippen molar-refractivity contribution in [2.45, 2.75) is 31.3 Å². The summed E-state index contributed by atoms with van der Waals surface area (Å²) in [5.41, 5.74) is 0.665. The zero-order valence-electron chi connectivity index (χ0n) is 11.2. The van der Waals surface area contributed by atoms with E-state index in [0.717, 1.165) is 12.6 Å². The molecule has 0 atom stereocenters. The summed E-state index contributed by atoms with van der Waals surface area (Å²) in [6.07, 6.45) is 2.43. The Hall–Kier alpha value is -1.20. The minimum atomic E-state index is -0.852. The van der Waals surface area contributed by atoms with Gasteiger partial charge in [0.25, 0.3) is 0 Å². The molecule has 6 heteroatoms. The number of imidazole rings is 1. The minimum Gasteiger partial charge on any atom is -0.323 e. The molecule has 0 radical (unpaired) electrons. The lowest BCUT2D eigenvalue weighted by Crippen LogP contribution is -2.25. The Balaban J connectivity index is 1.95. The topological polar surface area (TPSA) is 21.1 Å². The van der Waals surface area contributed by atoms with Crippen molar-refractivity contribution < 1.29 is 8.78 Å². The molecule has 0 saturated heterocycles. The summed E-state index contributed by atoms with van der Waals surface area (Å²) in [5, 5.41) is 0. The summed E-state index contributed by atoms with van der Waals surface area (Å²) in [4.78, 5) is 6.51. The van der Waals surface area contributed by atoms with Crippen LogP contribution in [0.15, 0.2) is 12.1 Å². The Morgan fingerprint density at radius 3 is 2.80 bits per heavy atom. The predicted octanol–water partition coefficient (Wildman–Crippen LogP) is 3.15. The van der Waals surface area contributed by atoms with E-state index in [1.54, 1.807) is 4.57 Å². The maximum Gasteiger partial charge on any atom is 0.184 e. The molecular formula is C14H16ClF2N3. The first-order valence-electron chi connectivity index (χ1n) is 6.71. The highest BCUT2D eigenvalue weighted by atomic mass is 35.5. The summed E-state index contributed by atoms with van der Waals surface area (Å²) in [6.45, 7) is 1.34. The normalized spacial score (nSPS) is 15.4. The molecule has 1 aromatic carbocycles. The number of rotatable bonds is 5. The van der Waals surface area contributed by atoms with E-state index in [4.69, 9.17) is 11.6 Å². The molecule has 1 heterocycles. The average molecular weight is 300 g/mol. The van der Waals surface area contributed by atoms with Crippen molar-refractivity contribution in [1.29, 1.82) is 0 Å². The Kier molecular flexibility index (Phi) is 3.65. The van der Waals surface area contributed by atoms with Gasteiger partial charge in [-0.05, 0) is 32.0 Å². The predicted molar refractivity (Wildman–Crippen MR) is 74.9 cm³/mol. The van der Waals surface area contributed by atoms with Gasteiger partial charge in [0, 0.05) is 19.1 Å². The third kappa shape index (κ3) is 2.40. The summed E-state index contributed by atoms with van der Waals surface area (Å²) >= 11 is 5.87. The SMILES string of the molecule is CN(CCn1c(CCl)nc2ccc(F)c(F)c21)C1CC1. The van der Waals surface area contributed by atoms with Gasteiger partial charge in [-0.3, -0.25) is 0 Å². The van der Waals surface area contributed by atoms with Crippen LogP contribution < -0.4 is 0 Å². The lowest BCUT2D eigenvalue weighted by molar-refractivity contribution is 0.309. The molecule has 0 N–H and O–H groups in total. The van der Waals surface area contributed by atoms with E-state index in [0.29, 0.717) is 23.9 Å². The number of nitrogens with zero attached hydrogens (tertiary/aromatic N) is 3. The van der Waals surface area contributed by atoms with Crippen LogP contribution in [0.5, 0.6) is 0 Å². The van der Waals surface area contributed by atoms with Crippen LogP contribution in [0.3, 0.4) is 0 Å². The van der Waals surface area contributed by atoms with Gasteiger partial charge in [0.1, 0.15) is 11.3 Å². The molecule has 1 aliphatic rings. The van der Waals surface area contributed by atoms with Gasteiger partial charge in [-0.15, -0.1) is 11.6 Å². The number of hydrogen-bond acceptors (Lipinski definition) is 2. The third-order valence-corrected chi connectivity index (χ3v) is 4.08. The Labute approximate surface area is 121 Å². The largest absolute Gasteiger partial charge is 0.323 e. The fraction of sp³-hybridized carbons (Fsp3) is 0.500. The fourth-order valence-electron chi connectivity index (χ4n) is 2.50. The van der Waals surface area contributed by atoms with Crippen LogP contribution in [-0.4, -0.2) is 34.1 Å². The molecule has 1 fully saturated rings. The number of halogens is 3. The van der Waals surface area contributed by atoms with Crippen molar-refractivity contribution in [3.63, 3.8) is 0 Å². The molecule has 0 unspecified atom stereocenters. The van der Waals surface area contributed by atoms with Crippen LogP contribution in [0.2, 0.25) is 0 Å². The highest BCUT2D eigenvalue weighted by molar-refractivity contribution is 6.16. The Bertz CT molecular complexity index is 637. The van der Waals surface area contributed by atoms with Gasteiger partial charge in [-0.25, -0.2) is 13.8 Å². The van der Waals surface area contributed by atoms with Crippen molar-refractivity contribution in [2.24, 2.45) is 0 Å². The second-order valence-electron chi connectivity index (χ2n) is 5.25. The Morgan fingerprint density at radius 1 is 1.40 bits per heavy atom. The summed E-state index contributed by atoms with van der Waals surface area (Å²) in [7, 11) is 2.05. The maximum atomic E-state index is 14.0. The number of hydrogen-bond donors (Lipinski definition) is 0. The highest BCUT2D eigenvalue weighted by Crippen LogP contribution is 2.26. The molecule has 2 aromatic rings. The van der Waals surface area contributed by atoms with E-state index in [1.165, 1.54) is 18.9 Å². The van der Waals surface area contributed by atoms with Crippen molar-refractivity contribution in [2.75, 3.05) is 13.6 Å². The van der Waals surface area contributed by atoms with Crippen LogP contribution in [0.1, 0.15) is 18.7 Å². The van der Waals surface area contributed by atoms with Crippen LogP contribution in [0, 0.1) is 11.6 Å². The van der Waals surface area contributed by atoms with E-state index in [1.807, 2.05) is 7.05 Å². The van der Waals surface area contributed by atoms with E-state index in [9.17, 15) is 8.78 Å².